The van der Waals surface area contributed by atoms with E-state index in [1.807, 2.05) is 36.2 Å². The first-order valence-electron chi connectivity index (χ1n) is 7.12. The van der Waals surface area contributed by atoms with Crippen molar-refractivity contribution in [1.29, 1.82) is 0 Å². The SMILES string of the molecule is CCCCN(C)C(=O)C1(c2ccc(Cl)cc2)CCC1. The highest BCUT2D eigenvalue weighted by Crippen LogP contribution is 2.45. The summed E-state index contributed by atoms with van der Waals surface area (Å²) in [5.74, 6) is 0.273. The van der Waals surface area contributed by atoms with Gasteiger partial charge in [-0.15, -0.1) is 0 Å². The van der Waals surface area contributed by atoms with Gasteiger partial charge in [-0.25, -0.2) is 0 Å². The molecule has 0 unspecified atom stereocenters. The van der Waals surface area contributed by atoms with E-state index in [4.69, 9.17) is 11.6 Å². The van der Waals surface area contributed by atoms with Gasteiger partial charge in [0.15, 0.2) is 0 Å². The summed E-state index contributed by atoms with van der Waals surface area (Å²) >= 11 is 5.94. The van der Waals surface area contributed by atoms with Crippen LogP contribution in [0.25, 0.3) is 0 Å². The highest BCUT2D eigenvalue weighted by Gasteiger charge is 2.46. The Morgan fingerprint density at radius 1 is 1.32 bits per heavy atom. The Bertz CT molecular complexity index is 437. The maximum atomic E-state index is 12.7. The second-order valence-corrected chi connectivity index (χ2v) is 5.96. The van der Waals surface area contributed by atoms with Crippen LogP contribution in [0.3, 0.4) is 0 Å². The lowest BCUT2D eigenvalue weighted by Gasteiger charge is -2.43. The molecule has 0 radical (unpaired) electrons. The largest absolute Gasteiger partial charge is 0.345 e. The molecular formula is C16H22ClNO. The number of carbonyl (C=O) groups excluding carboxylic acids is 1. The van der Waals surface area contributed by atoms with E-state index >= 15 is 0 Å². The summed E-state index contributed by atoms with van der Waals surface area (Å²) in [6, 6.07) is 7.78. The quantitative estimate of drug-likeness (QED) is 0.797. The zero-order valence-electron chi connectivity index (χ0n) is 11.8. The Balaban J connectivity index is 2.18. The van der Waals surface area contributed by atoms with Crippen molar-refractivity contribution in [2.75, 3.05) is 13.6 Å². The lowest BCUT2D eigenvalue weighted by Crippen LogP contribution is -2.50. The van der Waals surface area contributed by atoms with Gasteiger partial charge in [0, 0.05) is 18.6 Å². The lowest BCUT2D eigenvalue weighted by atomic mass is 9.63. The normalized spacial score (nSPS) is 16.8. The van der Waals surface area contributed by atoms with E-state index in [1.165, 1.54) is 0 Å². The second kappa shape index (κ2) is 5.96. The monoisotopic (exact) mass is 279 g/mol. The van der Waals surface area contributed by atoms with E-state index in [0.29, 0.717) is 0 Å². The number of carbonyl (C=O) groups is 1. The highest BCUT2D eigenvalue weighted by molar-refractivity contribution is 6.30. The number of unbranched alkanes of at least 4 members (excludes halogenated alkanes) is 1. The number of benzene rings is 1. The second-order valence-electron chi connectivity index (χ2n) is 5.52. The molecule has 0 aromatic heterocycles. The van der Waals surface area contributed by atoms with Crippen molar-refractivity contribution < 1.29 is 4.79 Å². The molecule has 1 aromatic rings. The van der Waals surface area contributed by atoms with Crippen LogP contribution >= 0.6 is 11.6 Å². The Morgan fingerprint density at radius 3 is 2.42 bits per heavy atom. The van der Waals surface area contributed by atoms with Gasteiger partial charge in [-0.1, -0.05) is 43.5 Å². The third-order valence-corrected chi connectivity index (χ3v) is 4.46. The first-order chi connectivity index (χ1) is 9.10. The van der Waals surface area contributed by atoms with E-state index in [9.17, 15) is 4.79 Å². The zero-order chi connectivity index (χ0) is 13.9. The van der Waals surface area contributed by atoms with Crippen LogP contribution in [-0.2, 0) is 10.2 Å². The van der Waals surface area contributed by atoms with Gasteiger partial charge < -0.3 is 4.90 Å². The maximum Gasteiger partial charge on any atom is 0.232 e. The van der Waals surface area contributed by atoms with Gasteiger partial charge in [0.25, 0.3) is 0 Å². The summed E-state index contributed by atoms with van der Waals surface area (Å²) in [4.78, 5) is 14.6. The molecule has 0 N–H and O–H groups in total. The molecule has 0 spiro atoms. The van der Waals surface area contributed by atoms with E-state index in [0.717, 1.165) is 49.2 Å². The number of nitrogens with zero attached hydrogens (tertiary/aromatic N) is 1. The minimum absolute atomic E-state index is 0.273. The number of rotatable bonds is 5. The molecule has 1 amide bonds. The van der Waals surface area contributed by atoms with Gasteiger partial charge in [-0.2, -0.15) is 0 Å². The van der Waals surface area contributed by atoms with E-state index < -0.39 is 0 Å². The first kappa shape index (κ1) is 14.4. The van der Waals surface area contributed by atoms with Crippen molar-refractivity contribution >= 4 is 17.5 Å². The third-order valence-electron chi connectivity index (χ3n) is 4.21. The van der Waals surface area contributed by atoms with Crippen LogP contribution in [0.2, 0.25) is 5.02 Å². The minimum Gasteiger partial charge on any atom is -0.345 e. The van der Waals surface area contributed by atoms with Gasteiger partial charge in [0.2, 0.25) is 5.91 Å². The molecule has 0 atom stereocenters. The fourth-order valence-electron chi connectivity index (χ4n) is 2.79. The maximum absolute atomic E-state index is 12.7. The average molecular weight is 280 g/mol. The fraction of sp³-hybridized carbons (Fsp3) is 0.562. The van der Waals surface area contributed by atoms with Crippen molar-refractivity contribution in [3.63, 3.8) is 0 Å². The zero-order valence-corrected chi connectivity index (χ0v) is 12.5. The first-order valence-corrected chi connectivity index (χ1v) is 7.49. The summed E-state index contributed by atoms with van der Waals surface area (Å²) < 4.78 is 0. The van der Waals surface area contributed by atoms with Gasteiger partial charge in [0.05, 0.1) is 5.41 Å². The van der Waals surface area contributed by atoms with Crippen LogP contribution in [0, 0.1) is 0 Å². The van der Waals surface area contributed by atoms with Crippen molar-refractivity contribution in [3.05, 3.63) is 34.9 Å². The fourth-order valence-corrected chi connectivity index (χ4v) is 2.91. The topological polar surface area (TPSA) is 20.3 Å². The van der Waals surface area contributed by atoms with Crippen LogP contribution in [0.5, 0.6) is 0 Å². The van der Waals surface area contributed by atoms with E-state index in [1.54, 1.807) is 0 Å². The molecule has 1 aromatic carbocycles. The Kier molecular flexibility index (Phi) is 4.51. The van der Waals surface area contributed by atoms with Crippen LogP contribution in [0.1, 0.15) is 44.6 Å². The lowest BCUT2D eigenvalue weighted by molar-refractivity contribution is -0.139. The summed E-state index contributed by atoms with van der Waals surface area (Å²) in [5, 5.41) is 0.727. The highest BCUT2D eigenvalue weighted by atomic mass is 35.5. The molecule has 104 valence electrons. The number of likely N-dealkylation sites (N-methyl/N-ethyl adjacent to an activating group) is 1. The van der Waals surface area contributed by atoms with E-state index in [2.05, 4.69) is 6.92 Å². The molecule has 0 heterocycles. The number of hydrogen-bond donors (Lipinski definition) is 0. The molecular weight excluding hydrogens is 258 g/mol. The molecule has 1 fully saturated rings. The number of halogens is 1. The van der Waals surface area contributed by atoms with Gasteiger partial charge in [-0.05, 0) is 37.0 Å². The van der Waals surface area contributed by atoms with Crippen LogP contribution in [-0.4, -0.2) is 24.4 Å². The smallest absolute Gasteiger partial charge is 0.232 e. The summed E-state index contributed by atoms with van der Waals surface area (Å²) in [6.07, 6.45) is 5.24. The molecule has 19 heavy (non-hydrogen) atoms. The number of hydrogen-bond acceptors (Lipinski definition) is 1. The van der Waals surface area contributed by atoms with E-state index in [-0.39, 0.29) is 11.3 Å². The average Bonchev–Trinajstić information content (AvgIpc) is 2.36. The van der Waals surface area contributed by atoms with Crippen LogP contribution in [0.4, 0.5) is 0 Å². The van der Waals surface area contributed by atoms with Crippen molar-refractivity contribution in [2.45, 2.75) is 44.4 Å². The third kappa shape index (κ3) is 2.79. The van der Waals surface area contributed by atoms with Crippen LogP contribution in [0.15, 0.2) is 24.3 Å². The van der Waals surface area contributed by atoms with Crippen molar-refractivity contribution in [1.82, 2.24) is 4.90 Å². The summed E-state index contributed by atoms with van der Waals surface area (Å²) in [5.41, 5.74) is 0.837. The van der Waals surface area contributed by atoms with Crippen molar-refractivity contribution in [2.24, 2.45) is 0 Å². The molecule has 2 rings (SSSR count). The van der Waals surface area contributed by atoms with Crippen molar-refractivity contribution in [3.8, 4) is 0 Å². The molecule has 0 bridgehead atoms. The summed E-state index contributed by atoms with van der Waals surface area (Å²) in [6.45, 7) is 3.00. The standard InChI is InChI=1S/C16H22ClNO/c1-3-4-12-18(2)15(19)16(10-5-11-16)13-6-8-14(17)9-7-13/h6-9H,3-5,10-12H2,1-2H3. The Morgan fingerprint density at radius 2 is 1.95 bits per heavy atom. The molecule has 0 saturated heterocycles. The van der Waals surface area contributed by atoms with Crippen LogP contribution < -0.4 is 0 Å². The summed E-state index contributed by atoms with van der Waals surface area (Å²) in [7, 11) is 1.92. The predicted octanol–water partition coefficient (Wildman–Crippen LogP) is 4.02. The molecule has 3 heteroatoms. The van der Waals surface area contributed by atoms with Gasteiger partial charge >= 0.3 is 0 Å². The predicted molar refractivity (Wildman–Crippen MR) is 79.5 cm³/mol. The minimum atomic E-state index is -0.285. The molecule has 0 aliphatic heterocycles. The van der Waals surface area contributed by atoms with Gasteiger partial charge in [0.1, 0.15) is 0 Å². The molecule has 1 saturated carbocycles. The Labute approximate surface area is 120 Å². The number of amides is 1. The molecule has 2 nitrogen and oxygen atoms in total. The Hall–Kier alpha value is -1.02. The molecule has 1 aliphatic rings. The molecule has 1 aliphatic carbocycles. The van der Waals surface area contributed by atoms with Gasteiger partial charge in [-0.3, -0.25) is 4.79 Å².